The molecule has 0 fully saturated rings. The Labute approximate surface area is 176 Å². The van der Waals surface area contributed by atoms with Crippen molar-refractivity contribution < 1.29 is 13.2 Å². The van der Waals surface area contributed by atoms with Gasteiger partial charge in [0.1, 0.15) is 17.6 Å². The summed E-state index contributed by atoms with van der Waals surface area (Å²) in [6, 6.07) is 11.3. The number of ether oxygens (including phenoxy) is 1. The number of pyridine rings is 1. The lowest BCUT2D eigenvalue weighted by molar-refractivity contribution is 0.478. The number of aryl methyl sites for hydroxylation is 1. The Morgan fingerprint density at radius 3 is 2.67 bits per heavy atom. The van der Waals surface area contributed by atoms with Gasteiger partial charge in [0.2, 0.25) is 0 Å². The van der Waals surface area contributed by atoms with Gasteiger partial charge in [-0.25, -0.2) is 13.4 Å². The summed E-state index contributed by atoms with van der Waals surface area (Å²) in [5, 5.41) is 15.5. The van der Waals surface area contributed by atoms with E-state index in [1.807, 2.05) is 19.2 Å². The number of nitrogens with one attached hydrogen (secondary N) is 1. The van der Waals surface area contributed by atoms with Gasteiger partial charge in [-0.15, -0.1) is 11.3 Å². The molecule has 0 unspecified atom stereocenters. The molecule has 4 aromatic rings. The van der Waals surface area contributed by atoms with Gasteiger partial charge in [0.25, 0.3) is 10.0 Å². The van der Waals surface area contributed by atoms with Crippen molar-refractivity contribution in [3.63, 3.8) is 0 Å². The van der Waals surface area contributed by atoms with Crippen molar-refractivity contribution in [1.29, 1.82) is 5.26 Å². The summed E-state index contributed by atoms with van der Waals surface area (Å²) in [6.45, 7) is 0. The highest BCUT2D eigenvalue weighted by Crippen LogP contribution is 2.29. The fraction of sp³-hybridized carbons (Fsp3) is 0.0526. The van der Waals surface area contributed by atoms with Crippen LogP contribution in [0.4, 0.5) is 5.13 Å². The van der Waals surface area contributed by atoms with Crippen molar-refractivity contribution >= 4 is 26.5 Å². The third kappa shape index (κ3) is 4.00. The van der Waals surface area contributed by atoms with Crippen LogP contribution < -0.4 is 9.46 Å². The van der Waals surface area contributed by atoms with Crippen LogP contribution in [0.1, 0.15) is 5.56 Å². The van der Waals surface area contributed by atoms with Crippen LogP contribution in [0.5, 0.6) is 11.5 Å². The number of benzene rings is 1. The van der Waals surface area contributed by atoms with E-state index >= 15 is 0 Å². The van der Waals surface area contributed by atoms with E-state index in [-0.39, 0.29) is 21.3 Å². The number of anilines is 1. The van der Waals surface area contributed by atoms with Gasteiger partial charge in [0, 0.05) is 24.8 Å². The molecule has 0 radical (unpaired) electrons. The van der Waals surface area contributed by atoms with Crippen molar-refractivity contribution in [3.05, 3.63) is 65.9 Å². The number of nitrogens with zero attached hydrogens (tertiary/aromatic N) is 5. The number of nitriles is 1. The Morgan fingerprint density at radius 1 is 1.17 bits per heavy atom. The molecule has 9 nitrogen and oxygen atoms in total. The number of thiazole rings is 1. The lowest BCUT2D eigenvalue weighted by Gasteiger charge is -2.10. The van der Waals surface area contributed by atoms with Crippen molar-refractivity contribution in [1.82, 2.24) is 19.7 Å². The molecule has 1 aromatic carbocycles. The Morgan fingerprint density at radius 2 is 2.03 bits per heavy atom. The van der Waals surface area contributed by atoms with Crippen LogP contribution in [-0.4, -0.2) is 28.2 Å². The van der Waals surface area contributed by atoms with E-state index in [2.05, 4.69) is 19.8 Å². The predicted molar refractivity (Wildman–Crippen MR) is 111 cm³/mol. The zero-order valence-electron chi connectivity index (χ0n) is 15.6. The molecule has 150 valence electrons. The van der Waals surface area contributed by atoms with Gasteiger partial charge in [0.05, 0.1) is 28.0 Å². The average Bonchev–Trinajstić information content (AvgIpc) is 3.40. The molecular formula is C19H14N6O3S2. The lowest BCUT2D eigenvalue weighted by atomic mass is 10.2. The summed E-state index contributed by atoms with van der Waals surface area (Å²) in [7, 11) is -2.05. The van der Waals surface area contributed by atoms with Crippen molar-refractivity contribution in [3.8, 4) is 29.0 Å². The van der Waals surface area contributed by atoms with Crippen LogP contribution in [0.15, 0.2) is 65.3 Å². The highest BCUT2D eigenvalue weighted by Gasteiger charge is 2.18. The van der Waals surface area contributed by atoms with Crippen LogP contribution >= 0.6 is 11.3 Å². The standard InChI is InChI=1S/C19H14N6O3S2/c1-25-17(6-7-23-25)16-4-2-14(12-22-16)28-18-5-3-15(10-13(18)11-20)30(26,27)24-19-21-8-9-29-19/h2-10,12H,1H3,(H,21,24). The molecule has 1 N–H and O–H groups in total. The maximum atomic E-state index is 12.5. The second-order valence-corrected chi connectivity index (χ2v) is 8.61. The zero-order valence-corrected chi connectivity index (χ0v) is 17.2. The van der Waals surface area contributed by atoms with Gasteiger partial charge in [-0.3, -0.25) is 14.4 Å². The molecule has 0 aliphatic carbocycles. The van der Waals surface area contributed by atoms with E-state index < -0.39 is 10.0 Å². The molecule has 0 amide bonds. The topological polar surface area (TPSA) is 123 Å². The largest absolute Gasteiger partial charge is 0.454 e. The number of aromatic nitrogens is 4. The second kappa shape index (κ2) is 7.94. The average molecular weight is 438 g/mol. The van der Waals surface area contributed by atoms with Gasteiger partial charge in [0.15, 0.2) is 5.13 Å². The van der Waals surface area contributed by atoms with Gasteiger partial charge in [-0.05, 0) is 36.4 Å². The van der Waals surface area contributed by atoms with Crippen LogP contribution in [0.2, 0.25) is 0 Å². The van der Waals surface area contributed by atoms with E-state index in [1.165, 1.54) is 30.6 Å². The van der Waals surface area contributed by atoms with Crippen molar-refractivity contribution in [2.75, 3.05) is 4.72 Å². The summed E-state index contributed by atoms with van der Waals surface area (Å²) >= 11 is 1.16. The number of sulfonamides is 1. The first-order valence-electron chi connectivity index (χ1n) is 8.55. The predicted octanol–water partition coefficient (Wildman–Crippen LogP) is 3.40. The van der Waals surface area contributed by atoms with Crippen LogP contribution in [0, 0.1) is 11.3 Å². The summed E-state index contributed by atoms with van der Waals surface area (Å²) in [6.07, 6.45) is 4.70. The first-order valence-corrected chi connectivity index (χ1v) is 10.9. The summed E-state index contributed by atoms with van der Waals surface area (Å²) in [5.74, 6) is 0.634. The minimum Gasteiger partial charge on any atom is -0.454 e. The van der Waals surface area contributed by atoms with Crippen LogP contribution in [-0.2, 0) is 17.1 Å². The molecule has 0 saturated heterocycles. The van der Waals surface area contributed by atoms with Crippen LogP contribution in [0.25, 0.3) is 11.4 Å². The fourth-order valence-electron chi connectivity index (χ4n) is 2.64. The molecular weight excluding hydrogens is 424 g/mol. The fourth-order valence-corrected chi connectivity index (χ4v) is 4.46. The monoisotopic (exact) mass is 438 g/mol. The Bertz CT molecular complexity index is 1320. The molecule has 3 aromatic heterocycles. The third-order valence-electron chi connectivity index (χ3n) is 4.08. The van der Waals surface area contributed by atoms with E-state index in [0.717, 1.165) is 22.7 Å². The third-order valence-corrected chi connectivity index (χ3v) is 6.24. The smallest absolute Gasteiger partial charge is 0.263 e. The van der Waals surface area contributed by atoms with Crippen molar-refractivity contribution in [2.45, 2.75) is 4.90 Å². The maximum Gasteiger partial charge on any atom is 0.263 e. The number of hydrogen-bond acceptors (Lipinski definition) is 8. The molecule has 0 bridgehead atoms. The normalized spacial score (nSPS) is 11.1. The molecule has 0 aliphatic rings. The van der Waals surface area contributed by atoms with Gasteiger partial charge in [-0.2, -0.15) is 10.4 Å². The Kier molecular flexibility index (Phi) is 5.18. The number of hydrogen-bond donors (Lipinski definition) is 1. The highest BCUT2D eigenvalue weighted by molar-refractivity contribution is 7.93. The minimum atomic E-state index is -3.87. The SMILES string of the molecule is Cn1nccc1-c1ccc(Oc2ccc(S(=O)(=O)Nc3nccs3)cc2C#N)cn1. The molecule has 30 heavy (non-hydrogen) atoms. The van der Waals surface area contributed by atoms with E-state index in [0.29, 0.717) is 5.75 Å². The Hall–Kier alpha value is -3.75. The first-order chi connectivity index (χ1) is 14.5. The molecule has 0 spiro atoms. The van der Waals surface area contributed by atoms with E-state index in [9.17, 15) is 13.7 Å². The van der Waals surface area contributed by atoms with E-state index in [4.69, 9.17) is 4.74 Å². The molecule has 0 saturated carbocycles. The van der Waals surface area contributed by atoms with Gasteiger partial charge in [-0.1, -0.05) is 0 Å². The Balaban J connectivity index is 1.56. The number of rotatable bonds is 6. The molecule has 11 heteroatoms. The summed E-state index contributed by atoms with van der Waals surface area (Å²) < 4.78 is 34.8. The quantitative estimate of drug-likeness (QED) is 0.489. The molecule has 0 aliphatic heterocycles. The van der Waals surface area contributed by atoms with Crippen LogP contribution in [0.3, 0.4) is 0 Å². The zero-order chi connectivity index (χ0) is 21.1. The summed E-state index contributed by atoms with van der Waals surface area (Å²) in [4.78, 5) is 8.19. The minimum absolute atomic E-state index is 0.0636. The lowest BCUT2D eigenvalue weighted by Crippen LogP contribution is -2.13. The molecule has 4 rings (SSSR count). The second-order valence-electron chi connectivity index (χ2n) is 6.03. The highest BCUT2D eigenvalue weighted by atomic mass is 32.2. The maximum absolute atomic E-state index is 12.5. The first kappa shape index (κ1) is 19.6. The summed E-state index contributed by atoms with van der Waals surface area (Å²) in [5.41, 5.74) is 1.65. The molecule has 3 heterocycles. The van der Waals surface area contributed by atoms with Gasteiger partial charge >= 0.3 is 0 Å². The van der Waals surface area contributed by atoms with Crippen molar-refractivity contribution in [2.24, 2.45) is 7.05 Å². The van der Waals surface area contributed by atoms with Gasteiger partial charge < -0.3 is 4.74 Å². The van der Waals surface area contributed by atoms with E-state index in [1.54, 1.807) is 28.4 Å². The molecule has 0 atom stereocenters.